The second-order valence-electron chi connectivity index (χ2n) is 6.80. The van der Waals surface area contributed by atoms with E-state index in [-0.39, 0.29) is 16.5 Å². The Morgan fingerprint density at radius 1 is 1.10 bits per heavy atom. The van der Waals surface area contributed by atoms with Crippen molar-refractivity contribution in [2.24, 2.45) is 0 Å². The lowest BCUT2D eigenvalue weighted by molar-refractivity contribution is -0.387. The van der Waals surface area contributed by atoms with Gasteiger partial charge in [-0.3, -0.25) is 14.9 Å². The molecule has 0 spiro atoms. The van der Waals surface area contributed by atoms with Crippen LogP contribution < -0.4 is 4.90 Å². The number of carbonyl (C=O) groups excluding carboxylic acids is 1. The summed E-state index contributed by atoms with van der Waals surface area (Å²) >= 11 is 5.97. The van der Waals surface area contributed by atoms with E-state index in [1.807, 2.05) is 0 Å². The van der Waals surface area contributed by atoms with Crippen molar-refractivity contribution in [1.29, 1.82) is 0 Å². The molecule has 1 saturated heterocycles. The topological polar surface area (TPSA) is 101 Å². The number of hydrogen-bond acceptors (Lipinski definition) is 6. The van der Waals surface area contributed by atoms with Gasteiger partial charge in [0.05, 0.1) is 4.92 Å². The van der Waals surface area contributed by atoms with Crippen LogP contribution >= 0.6 is 11.6 Å². The highest BCUT2D eigenvalue weighted by Gasteiger charge is 2.30. The van der Waals surface area contributed by atoms with Crippen LogP contribution in [0, 0.1) is 10.1 Å². The lowest BCUT2D eigenvalue weighted by Crippen LogP contribution is -2.35. The fourth-order valence-corrected chi connectivity index (χ4v) is 4.46. The second kappa shape index (κ2) is 8.38. The Balaban J connectivity index is 1.86. The molecule has 0 saturated carbocycles. The Hall–Kier alpha value is -2.65. The zero-order valence-corrected chi connectivity index (χ0v) is 17.3. The van der Waals surface area contributed by atoms with Crippen LogP contribution in [-0.2, 0) is 9.84 Å². The van der Waals surface area contributed by atoms with Gasteiger partial charge in [-0.25, -0.2) is 8.42 Å². The Labute approximate surface area is 173 Å². The summed E-state index contributed by atoms with van der Waals surface area (Å²) in [7, 11) is -3.76. The highest BCUT2D eigenvalue weighted by molar-refractivity contribution is 7.90. The Morgan fingerprint density at radius 3 is 2.48 bits per heavy atom. The normalized spacial score (nSPS) is 15.1. The fourth-order valence-electron chi connectivity index (χ4n) is 3.41. The molecule has 0 N–H and O–H groups in total. The minimum absolute atomic E-state index is 0.159. The Bertz CT molecular complexity index is 1060. The maximum atomic E-state index is 12.8. The van der Waals surface area contributed by atoms with Crippen LogP contribution in [0.25, 0.3) is 0 Å². The number of rotatable bonds is 4. The molecule has 3 rings (SSSR count). The number of anilines is 1. The molecular weight excluding hydrogens is 418 g/mol. The summed E-state index contributed by atoms with van der Waals surface area (Å²) in [5.41, 5.74) is 0.301. The van der Waals surface area contributed by atoms with Crippen LogP contribution in [0.4, 0.5) is 11.4 Å². The summed E-state index contributed by atoms with van der Waals surface area (Å²) in [6, 6.07) is 11.0. The van der Waals surface area contributed by atoms with E-state index in [1.165, 1.54) is 12.1 Å². The van der Waals surface area contributed by atoms with Crippen LogP contribution in [0.3, 0.4) is 0 Å². The zero-order valence-electron chi connectivity index (χ0n) is 15.7. The third-order valence-electron chi connectivity index (χ3n) is 4.76. The molecule has 2 aromatic rings. The number of nitro benzene ring substituents is 1. The van der Waals surface area contributed by atoms with Crippen LogP contribution in [0.2, 0.25) is 5.02 Å². The molecule has 0 unspecified atom stereocenters. The van der Waals surface area contributed by atoms with E-state index in [2.05, 4.69) is 0 Å². The summed E-state index contributed by atoms with van der Waals surface area (Å²) in [5, 5.41) is 12.1. The van der Waals surface area contributed by atoms with Crippen molar-refractivity contribution in [2.75, 3.05) is 37.3 Å². The minimum atomic E-state index is -3.76. The Kier molecular flexibility index (Phi) is 6.09. The number of hydrogen-bond donors (Lipinski definition) is 0. The highest BCUT2D eigenvalue weighted by atomic mass is 35.5. The van der Waals surface area contributed by atoms with Gasteiger partial charge in [-0.2, -0.15) is 0 Å². The van der Waals surface area contributed by atoms with E-state index in [9.17, 15) is 23.3 Å². The van der Waals surface area contributed by atoms with E-state index >= 15 is 0 Å². The first-order chi connectivity index (χ1) is 13.7. The van der Waals surface area contributed by atoms with Crippen LogP contribution in [0.1, 0.15) is 16.8 Å². The maximum absolute atomic E-state index is 12.8. The molecule has 1 aliphatic heterocycles. The van der Waals surface area contributed by atoms with Gasteiger partial charge in [-0.15, -0.1) is 0 Å². The molecule has 8 nitrogen and oxygen atoms in total. The van der Waals surface area contributed by atoms with Gasteiger partial charge in [0.15, 0.2) is 9.84 Å². The molecule has 0 atom stereocenters. The number of sulfone groups is 1. The van der Waals surface area contributed by atoms with Crippen molar-refractivity contribution in [3.8, 4) is 0 Å². The number of nitro groups is 1. The molecule has 29 heavy (non-hydrogen) atoms. The molecule has 0 radical (unpaired) electrons. The van der Waals surface area contributed by atoms with Crippen molar-refractivity contribution >= 4 is 38.7 Å². The summed E-state index contributed by atoms with van der Waals surface area (Å²) in [5.74, 6) is -0.159. The van der Waals surface area contributed by atoms with E-state index in [1.54, 1.807) is 40.1 Å². The SMILES string of the molecule is CS(=O)(=O)c1cccc(N2CCCN(C(=O)c3cccc(Cl)c3)CC2)c1[N+](=O)[O-]. The molecule has 0 aliphatic carbocycles. The van der Waals surface area contributed by atoms with E-state index < -0.39 is 20.4 Å². The number of amides is 1. The van der Waals surface area contributed by atoms with Crippen molar-refractivity contribution in [3.63, 3.8) is 0 Å². The number of para-hydroxylation sites is 1. The van der Waals surface area contributed by atoms with Gasteiger partial charge in [-0.1, -0.05) is 23.7 Å². The lowest BCUT2D eigenvalue weighted by Gasteiger charge is -2.24. The summed E-state index contributed by atoms with van der Waals surface area (Å²) < 4.78 is 24.0. The number of halogens is 1. The largest absolute Gasteiger partial charge is 0.364 e. The molecule has 10 heteroatoms. The van der Waals surface area contributed by atoms with Crippen LogP contribution in [-0.4, -0.2) is 56.6 Å². The van der Waals surface area contributed by atoms with E-state index in [0.29, 0.717) is 43.2 Å². The summed E-state index contributed by atoms with van der Waals surface area (Å²) in [6.45, 7) is 1.65. The Morgan fingerprint density at radius 2 is 1.83 bits per heavy atom. The number of benzene rings is 2. The van der Waals surface area contributed by atoms with Crippen LogP contribution in [0.5, 0.6) is 0 Å². The summed E-state index contributed by atoms with van der Waals surface area (Å²) in [4.78, 5) is 26.9. The molecule has 1 fully saturated rings. The second-order valence-corrected chi connectivity index (χ2v) is 9.22. The predicted molar refractivity (Wildman–Crippen MR) is 110 cm³/mol. The van der Waals surface area contributed by atoms with Crippen molar-refractivity contribution < 1.29 is 18.1 Å². The molecular formula is C19H20ClN3O5S. The monoisotopic (exact) mass is 437 g/mol. The van der Waals surface area contributed by atoms with Gasteiger partial charge in [0, 0.05) is 43.0 Å². The van der Waals surface area contributed by atoms with Crippen molar-refractivity contribution in [2.45, 2.75) is 11.3 Å². The smallest absolute Gasteiger partial charge is 0.311 e. The third-order valence-corrected chi connectivity index (χ3v) is 6.12. The number of nitrogens with zero attached hydrogens (tertiary/aromatic N) is 3. The predicted octanol–water partition coefficient (Wildman–Crippen LogP) is 3.00. The van der Waals surface area contributed by atoms with Gasteiger partial charge in [0.1, 0.15) is 10.6 Å². The molecule has 1 heterocycles. The maximum Gasteiger partial charge on any atom is 0.311 e. The minimum Gasteiger partial charge on any atom is -0.364 e. The van der Waals surface area contributed by atoms with Crippen LogP contribution in [0.15, 0.2) is 47.4 Å². The van der Waals surface area contributed by atoms with Gasteiger partial charge < -0.3 is 9.80 Å². The first-order valence-electron chi connectivity index (χ1n) is 8.96. The quantitative estimate of drug-likeness (QED) is 0.538. The number of carbonyl (C=O) groups is 1. The average molecular weight is 438 g/mol. The molecule has 0 bridgehead atoms. The van der Waals surface area contributed by atoms with Crippen molar-refractivity contribution in [1.82, 2.24) is 4.90 Å². The van der Waals surface area contributed by atoms with Gasteiger partial charge >= 0.3 is 5.69 Å². The summed E-state index contributed by atoms with van der Waals surface area (Å²) in [6.07, 6.45) is 1.54. The molecule has 2 aromatic carbocycles. The van der Waals surface area contributed by atoms with Gasteiger partial charge in [0.2, 0.25) is 0 Å². The third kappa shape index (κ3) is 4.68. The van der Waals surface area contributed by atoms with Gasteiger partial charge in [-0.05, 0) is 36.8 Å². The molecule has 154 valence electrons. The molecule has 0 aromatic heterocycles. The standard InChI is InChI=1S/C19H20ClN3O5S/c1-29(27,28)17-8-3-7-16(18(17)23(25)26)21-9-4-10-22(12-11-21)19(24)14-5-2-6-15(20)13-14/h2-3,5-8,13H,4,9-12H2,1H3. The zero-order chi connectivity index (χ0) is 21.2. The van der Waals surface area contributed by atoms with E-state index in [4.69, 9.17) is 11.6 Å². The average Bonchev–Trinajstić information content (AvgIpc) is 2.92. The lowest BCUT2D eigenvalue weighted by atomic mass is 10.2. The molecule has 1 aliphatic rings. The van der Waals surface area contributed by atoms with E-state index in [0.717, 1.165) is 6.26 Å². The van der Waals surface area contributed by atoms with Crippen molar-refractivity contribution in [3.05, 3.63) is 63.2 Å². The first-order valence-corrected chi connectivity index (χ1v) is 11.2. The van der Waals surface area contributed by atoms with Gasteiger partial charge in [0.25, 0.3) is 5.91 Å². The first kappa shape index (κ1) is 21.1. The molecule has 1 amide bonds. The fraction of sp³-hybridized carbons (Fsp3) is 0.316. The highest BCUT2D eigenvalue weighted by Crippen LogP contribution is 2.35.